The summed E-state index contributed by atoms with van der Waals surface area (Å²) in [6.07, 6.45) is 7.54. The van der Waals surface area contributed by atoms with Gasteiger partial charge in [0.1, 0.15) is 12.6 Å². The van der Waals surface area contributed by atoms with Gasteiger partial charge in [-0.2, -0.15) is 0 Å². The lowest BCUT2D eigenvalue weighted by Gasteiger charge is -2.52. The molecule has 3 aliphatic rings. The van der Waals surface area contributed by atoms with E-state index in [4.69, 9.17) is 4.74 Å². The summed E-state index contributed by atoms with van der Waals surface area (Å²) in [5.41, 5.74) is 0. The molecule has 0 spiro atoms. The molecule has 3 fully saturated rings. The molecule has 0 aliphatic carbocycles. The lowest BCUT2D eigenvalue weighted by Crippen LogP contribution is -2.64. The molecule has 1 atom stereocenters. The fourth-order valence-electron chi connectivity index (χ4n) is 3.50. The van der Waals surface area contributed by atoms with Crippen molar-refractivity contribution in [3.8, 4) is 0 Å². The zero-order chi connectivity index (χ0) is 10.7. The number of piperidine rings is 3. The number of ether oxygens (including phenoxy) is 1. The van der Waals surface area contributed by atoms with Gasteiger partial charge in [-0.3, -0.25) is 0 Å². The maximum absolute atomic E-state index is 5.64. The van der Waals surface area contributed by atoms with Gasteiger partial charge >= 0.3 is 0 Å². The van der Waals surface area contributed by atoms with E-state index in [0.29, 0.717) is 6.10 Å². The highest BCUT2D eigenvalue weighted by atomic mass is 16.5. The fourth-order valence-corrected chi connectivity index (χ4v) is 3.50. The van der Waals surface area contributed by atoms with Gasteiger partial charge < -0.3 is 9.22 Å². The van der Waals surface area contributed by atoms with E-state index in [2.05, 4.69) is 6.92 Å². The highest BCUT2D eigenvalue weighted by Gasteiger charge is 2.45. The molecule has 2 nitrogen and oxygen atoms in total. The second-order valence-corrected chi connectivity index (χ2v) is 5.51. The Hall–Kier alpha value is -0.0800. The van der Waals surface area contributed by atoms with Gasteiger partial charge in [0.25, 0.3) is 0 Å². The van der Waals surface area contributed by atoms with E-state index in [9.17, 15) is 0 Å². The van der Waals surface area contributed by atoms with Crippen LogP contribution in [0.4, 0.5) is 0 Å². The van der Waals surface area contributed by atoms with Crippen molar-refractivity contribution >= 4 is 0 Å². The zero-order valence-corrected chi connectivity index (χ0v) is 10.4. The molecule has 1 unspecified atom stereocenters. The first-order chi connectivity index (χ1) is 7.29. The molecule has 3 rings (SSSR count). The molecular formula is C13H26NO+. The summed E-state index contributed by atoms with van der Waals surface area (Å²) in [5.74, 6) is 0.876. The van der Waals surface area contributed by atoms with Gasteiger partial charge in [-0.25, -0.2) is 0 Å². The second kappa shape index (κ2) is 4.84. The minimum atomic E-state index is 0.564. The van der Waals surface area contributed by atoms with Crippen molar-refractivity contribution in [2.45, 2.75) is 45.1 Å². The van der Waals surface area contributed by atoms with Crippen LogP contribution >= 0.6 is 0 Å². The third-order valence-corrected chi connectivity index (χ3v) is 4.58. The van der Waals surface area contributed by atoms with Crippen LogP contribution in [0, 0.1) is 5.92 Å². The smallest absolute Gasteiger partial charge is 0.109 e. The molecule has 0 aromatic carbocycles. The highest BCUT2D eigenvalue weighted by molar-refractivity contribution is 4.80. The summed E-state index contributed by atoms with van der Waals surface area (Å²) in [7, 11) is 1.90. The van der Waals surface area contributed by atoms with Crippen molar-refractivity contribution < 1.29 is 9.22 Å². The van der Waals surface area contributed by atoms with Gasteiger partial charge in [-0.05, 0) is 12.8 Å². The molecule has 0 aromatic rings. The summed E-state index contributed by atoms with van der Waals surface area (Å²) < 4.78 is 7.01. The number of nitrogens with zero attached hydrogens (tertiary/aromatic N) is 1. The van der Waals surface area contributed by atoms with E-state index in [1.54, 1.807) is 0 Å². The van der Waals surface area contributed by atoms with E-state index in [1.807, 2.05) is 7.11 Å². The molecule has 0 N–H and O–H groups in total. The van der Waals surface area contributed by atoms with Gasteiger partial charge in [0.05, 0.1) is 19.6 Å². The standard InChI is InChI=1S/C13H26NO/c1-3-4-5-8-14-9-6-12(7-10-14)13(11-14)15-2/h12-13H,3-11H2,1-2H3/q+1. The average molecular weight is 212 g/mol. The normalized spacial score (nSPS) is 39.6. The van der Waals surface area contributed by atoms with E-state index in [0.717, 1.165) is 5.92 Å². The molecule has 0 saturated carbocycles. The number of hydrogen-bond acceptors (Lipinski definition) is 1. The molecule has 3 heterocycles. The number of hydrogen-bond donors (Lipinski definition) is 0. The largest absolute Gasteiger partial charge is 0.375 e. The van der Waals surface area contributed by atoms with Crippen LogP contribution in [0.15, 0.2) is 0 Å². The molecule has 0 amide bonds. The number of fused-ring (bicyclic) bond motifs is 3. The SMILES string of the molecule is CCCCC[N+]12CCC(CC1)C(OC)C2. The lowest BCUT2D eigenvalue weighted by atomic mass is 9.83. The van der Waals surface area contributed by atoms with Crippen LogP contribution in [0.3, 0.4) is 0 Å². The first kappa shape index (κ1) is 11.4. The summed E-state index contributed by atoms with van der Waals surface area (Å²) in [6, 6.07) is 0. The van der Waals surface area contributed by atoms with Crippen LogP contribution in [0.25, 0.3) is 0 Å². The second-order valence-electron chi connectivity index (χ2n) is 5.51. The van der Waals surface area contributed by atoms with Crippen LogP contribution in [0.1, 0.15) is 39.0 Å². The maximum Gasteiger partial charge on any atom is 0.109 e. The van der Waals surface area contributed by atoms with Gasteiger partial charge in [0.2, 0.25) is 0 Å². The Bertz CT molecular complexity index is 197. The van der Waals surface area contributed by atoms with E-state index >= 15 is 0 Å². The van der Waals surface area contributed by atoms with Crippen LogP contribution < -0.4 is 0 Å². The minimum absolute atomic E-state index is 0.564. The first-order valence-corrected chi connectivity index (χ1v) is 6.67. The van der Waals surface area contributed by atoms with Crippen LogP contribution in [0.2, 0.25) is 0 Å². The van der Waals surface area contributed by atoms with E-state index in [-0.39, 0.29) is 0 Å². The third kappa shape index (κ3) is 2.36. The number of methoxy groups -OCH3 is 1. The van der Waals surface area contributed by atoms with Crippen LogP contribution in [0.5, 0.6) is 0 Å². The van der Waals surface area contributed by atoms with Crippen molar-refractivity contribution in [2.24, 2.45) is 5.92 Å². The predicted molar refractivity (Wildman–Crippen MR) is 62.8 cm³/mol. The predicted octanol–water partition coefficient (Wildman–Crippen LogP) is 2.43. The van der Waals surface area contributed by atoms with E-state index in [1.165, 1.54) is 62.8 Å². The minimum Gasteiger partial charge on any atom is -0.375 e. The summed E-state index contributed by atoms with van der Waals surface area (Å²) in [4.78, 5) is 0. The van der Waals surface area contributed by atoms with Crippen molar-refractivity contribution in [3.05, 3.63) is 0 Å². The van der Waals surface area contributed by atoms with Crippen LogP contribution in [-0.4, -0.2) is 43.9 Å². The summed E-state index contributed by atoms with van der Waals surface area (Å²) in [6.45, 7) is 7.84. The maximum atomic E-state index is 5.64. The van der Waals surface area contributed by atoms with Gasteiger partial charge in [0.15, 0.2) is 0 Å². The molecule has 3 saturated heterocycles. The molecule has 2 bridgehead atoms. The monoisotopic (exact) mass is 212 g/mol. The van der Waals surface area contributed by atoms with Crippen molar-refractivity contribution in [1.82, 2.24) is 0 Å². The van der Waals surface area contributed by atoms with Crippen LogP contribution in [-0.2, 0) is 4.74 Å². The zero-order valence-electron chi connectivity index (χ0n) is 10.4. The lowest BCUT2D eigenvalue weighted by molar-refractivity contribution is -0.946. The summed E-state index contributed by atoms with van der Waals surface area (Å²) >= 11 is 0. The van der Waals surface area contributed by atoms with Crippen molar-refractivity contribution in [1.29, 1.82) is 0 Å². The van der Waals surface area contributed by atoms with Crippen molar-refractivity contribution in [3.63, 3.8) is 0 Å². The van der Waals surface area contributed by atoms with E-state index < -0.39 is 0 Å². The number of rotatable bonds is 5. The number of quaternary nitrogens is 1. The average Bonchev–Trinajstić information content (AvgIpc) is 2.30. The topological polar surface area (TPSA) is 9.23 Å². The highest BCUT2D eigenvalue weighted by Crippen LogP contribution is 2.35. The first-order valence-electron chi connectivity index (χ1n) is 6.67. The molecule has 2 heteroatoms. The van der Waals surface area contributed by atoms with Gasteiger partial charge in [0, 0.05) is 25.9 Å². The van der Waals surface area contributed by atoms with Gasteiger partial charge in [-0.15, -0.1) is 0 Å². The molecule has 0 aromatic heterocycles. The van der Waals surface area contributed by atoms with Gasteiger partial charge in [-0.1, -0.05) is 13.3 Å². The molecule has 3 aliphatic heterocycles. The Kier molecular flexibility index (Phi) is 3.68. The Labute approximate surface area is 94.2 Å². The molecule has 0 radical (unpaired) electrons. The Morgan fingerprint density at radius 2 is 1.93 bits per heavy atom. The summed E-state index contributed by atoms with van der Waals surface area (Å²) in [5, 5.41) is 0. The molecular weight excluding hydrogens is 186 g/mol. The quantitative estimate of drug-likeness (QED) is 0.502. The Balaban J connectivity index is 1.89. The van der Waals surface area contributed by atoms with Crippen molar-refractivity contribution in [2.75, 3.05) is 33.3 Å². The Morgan fingerprint density at radius 3 is 2.53 bits per heavy atom. The number of unbranched alkanes of at least 4 members (excludes halogenated alkanes) is 2. The third-order valence-electron chi connectivity index (χ3n) is 4.58. The molecule has 15 heavy (non-hydrogen) atoms. The molecule has 88 valence electrons. The Morgan fingerprint density at radius 1 is 1.20 bits per heavy atom. The fraction of sp³-hybridized carbons (Fsp3) is 1.00.